The first-order chi connectivity index (χ1) is 11.7. The predicted molar refractivity (Wildman–Crippen MR) is 99.5 cm³/mol. The number of rotatable bonds is 6. The van der Waals surface area contributed by atoms with Crippen LogP contribution in [-0.4, -0.2) is 56.4 Å². The molecule has 1 saturated heterocycles. The van der Waals surface area contributed by atoms with Gasteiger partial charge in [0.2, 0.25) is 5.91 Å². The van der Waals surface area contributed by atoms with Gasteiger partial charge in [0, 0.05) is 64.3 Å². The Bertz CT molecular complexity index is 652. The first kappa shape index (κ1) is 19.4. The van der Waals surface area contributed by atoms with Gasteiger partial charge in [-0.2, -0.15) is 0 Å². The number of imidazole rings is 1. The van der Waals surface area contributed by atoms with E-state index < -0.39 is 0 Å². The van der Waals surface area contributed by atoms with Crippen molar-refractivity contribution in [3.8, 4) is 0 Å². The molecule has 136 valence electrons. The molecule has 0 N–H and O–H groups in total. The van der Waals surface area contributed by atoms with Gasteiger partial charge in [-0.15, -0.1) is 12.4 Å². The molecule has 6 nitrogen and oxygen atoms in total. The fourth-order valence-corrected chi connectivity index (χ4v) is 3.07. The molecule has 2 aromatic heterocycles. The van der Waals surface area contributed by atoms with Gasteiger partial charge >= 0.3 is 0 Å². The van der Waals surface area contributed by atoms with E-state index in [0.29, 0.717) is 6.42 Å². The summed E-state index contributed by atoms with van der Waals surface area (Å²) >= 11 is 0. The van der Waals surface area contributed by atoms with Gasteiger partial charge in [-0.1, -0.05) is 6.07 Å². The zero-order valence-electron chi connectivity index (χ0n) is 14.7. The number of aryl methyl sites for hydroxylation is 2. The van der Waals surface area contributed by atoms with Crippen LogP contribution < -0.4 is 0 Å². The summed E-state index contributed by atoms with van der Waals surface area (Å²) in [6.45, 7) is 7.18. The Hall–Kier alpha value is -1.92. The van der Waals surface area contributed by atoms with Crippen LogP contribution in [0.4, 0.5) is 0 Å². The molecule has 0 radical (unpaired) electrons. The Morgan fingerprint density at radius 1 is 1.12 bits per heavy atom. The fraction of sp³-hybridized carbons (Fsp3) is 0.500. The number of aromatic nitrogens is 3. The molecular formula is C18H26ClN5O. The molecule has 25 heavy (non-hydrogen) atoms. The average Bonchev–Trinajstić information content (AvgIpc) is 3.01. The molecule has 7 heteroatoms. The second-order valence-electron chi connectivity index (χ2n) is 6.25. The Kier molecular flexibility index (Phi) is 7.40. The summed E-state index contributed by atoms with van der Waals surface area (Å²) in [6, 6.07) is 6.01. The smallest absolute Gasteiger partial charge is 0.222 e. The molecule has 0 bridgehead atoms. The summed E-state index contributed by atoms with van der Waals surface area (Å²) in [5.41, 5.74) is 1.09. The van der Waals surface area contributed by atoms with Gasteiger partial charge in [-0.25, -0.2) is 4.98 Å². The average molecular weight is 364 g/mol. The van der Waals surface area contributed by atoms with Crippen molar-refractivity contribution in [3.05, 3.63) is 48.3 Å². The van der Waals surface area contributed by atoms with E-state index in [2.05, 4.69) is 25.5 Å². The largest absolute Gasteiger partial charge is 0.340 e. The lowest BCUT2D eigenvalue weighted by atomic mass is 10.2. The Balaban J connectivity index is 0.00000225. The van der Waals surface area contributed by atoms with Crippen molar-refractivity contribution < 1.29 is 4.79 Å². The number of carbonyl (C=O) groups excluding carboxylic acids is 1. The molecule has 3 heterocycles. The molecule has 0 aromatic carbocycles. The zero-order chi connectivity index (χ0) is 16.8. The predicted octanol–water partition coefficient (Wildman–Crippen LogP) is 2.13. The van der Waals surface area contributed by atoms with E-state index in [-0.39, 0.29) is 18.3 Å². The highest BCUT2D eigenvalue weighted by Gasteiger charge is 2.20. The number of pyridine rings is 1. The van der Waals surface area contributed by atoms with E-state index >= 15 is 0 Å². The van der Waals surface area contributed by atoms with Crippen molar-refractivity contribution in [1.29, 1.82) is 0 Å². The highest BCUT2D eigenvalue weighted by molar-refractivity contribution is 5.85. The van der Waals surface area contributed by atoms with Crippen LogP contribution in [0, 0.1) is 6.92 Å². The van der Waals surface area contributed by atoms with Crippen LogP contribution in [-0.2, 0) is 17.9 Å². The van der Waals surface area contributed by atoms with Gasteiger partial charge in [0.15, 0.2) is 0 Å². The molecule has 1 aliphatic rings. The van der Waals surface area contributed by atoms with Crippen molar-refractivity contribution >= 4 is 18.3 Å². The van der Waals surface area contributed by atoms with Crippen molar-refractivity contribution in [3.63, 3.8) is 0 Å². The van der Waals surface area contributed by atoms with Crippen molar-refractivity contribution in [2.45, 2.75) is 32.9 Å². The lowest BCUT2D eigenvalue weighted by Crippen LogP contribution is -2.48. The molecule has 0 atom stereocenters. The molecule has 1 fully saturated rings. The highest BCUT2D eigenvalue weighted by Crippen LogP contribution is 2.09. The third-order valence-corrected chi connectivity index (χ3v) is 4.55. The maximum absolute atomic E-state index is 12.3. The normalized spacial score (nSPS) is 15.0. The molecule has 0 spiro atoms. The van der Waals surface area contributed by atoms with Crippen LogP contribution in [0.25, 0.3) is 0 Å². The SMILES string of the molecule is Cc1nccn1CCCC(=O)N1CCN(Cc2ccccn2)CC1.Cl. The first-order valence-electron chi connectivity index (χ1n) is 8.60. The Morgan fingerprint density at radius 3 is 2.56 bits per heavy atom. The Labute approximate surface area is 155 Å². The number of halogens is 1. The summed E-state index contributed by atoms with van der Waals surface area (Å²) in [5.74, 6) is 1.27. The topological polar surface area (TPSA) is 54.3 Å². The van der Waals surface area contributed by atoms with Gasteiger partial charge in [0.05, 0.1) is 5.69 Å². The van der Waals surface area contributed by atoms with E-state index in [9.17, 15) is 4.79 Å². The molecular weight excluding hydrogens is 338 g/mol. The van der Waals surface area contributed by atoms with Crippen LogP contribution in [0.2, 0.25) is 0 Å². The summed E-state index contributed by atoms with van der Waals surface area (Å²) < 4.78 is 2.10. The third kappa shape index (κ3) is 5.54. The Morgan fingerprint density at radius 2 is 1.92 bits per heavy atom. The van der Waals surface area contributed by atoms with Crippen LogP contribution in [0.1, 0.15) is 24.4 Å². The molecule has 3 rings (SSSR count). The maximum Gasteiger partial charge on any atom is 0.222 e. The standard InChI is InChI=1S/C18H25N5O.ClH/c1-16-19-8-10-22(16)9-4-6-18(24)23-13-11-21(12-14-23)15-17-5-2-3-7-20-17;/h2-3,5,7-8,10H,4,6,9,11-15H2,1H3;1H. The van der Waals surface area contributed by atoms with Crippen LogP contribution in [0.5, 0.6) is 0 Å². The van der Waals surface area contributed by atoms with E-state index in [1.165, 1.54) is 0 Å². The summed E-state index contributed by atoms with van der Waals surface area (Å²) in [5, 5.41) is 0. The maximum atomic E-state index is 12.3. The second kappa shape index (κ2) is 9.53. The molecule has 0 unspecified atom stereocenters. The van der Waals surface area contributed by atoms with Crippen molar-refractivity contribution in [2.24, 2.45) is 0 Å². The zero-order valence-corrected chi connectivity index (χ0v) is 15.5. The quantitative estimate of drug-likeness (QED) is 0.789. The van der Waals surface area contributed by atoms with Gasteiger partial charge in [-0.05, 0) is 25.5 Å². The van der Waals surface area contributed by atoms with E-state index in [1.54, 1.807) is 6.20 Å². The monoisotopic (exact) mass is 363 g/mol. The fourth-order valence-electron chi connectivity index (χ4n) is 3.07. The second-order valence-corrected chi connectivity index (χ2v) is 6.25. The number of amides is 1. The number of carbonyl (C=O) groups is 1. The van der Waals surface area contributed by atoms with Gasteiger partial charge in [0.1, 0.15) is 5.82 Å². The van der Waals surface area contributed by atoms with Crippen LogP contribution in [0.15, 0.2) is 36.8 Å². The highest BCUT2D eigenvalue weighted by atomic mass is 35.5. The van der Waals surface area contributed by atoms with E-state index in [1.807, 2.05) is 36.4 Å². The summed E-state index contributed by atoms with van der Waals surface area (Å²) in [4.78, 5) is 25.3. The first-order valence-corrected chi connectivity index (χ1v) is 8.60. The van der Waals surface area contributed by atoms with Crippen LogP contribution in [0.3, 0.4) is 0 Å². The minimum absolute atomic E-state index is 0. The molecule has 0 aliphatic carbocycles. The van der Waals surface area contributed by atoms with Crippen molar-refractivity contribution in [1.82, 2.24) is 24.3 Å². The van der Waals surface area contributed by atoms with E-state index in [4.69, 9.17) is 0 Å². The number of hydrogen-bond acceptors (Lipinski definition) is 4. The molecule has 1 aliphatic heterocycles. The molecule has 0 saturated carbocycles. The number of hydrogen-bond donors (Lipinski definition) is 0. The minimum atomic E-state index is 0. The number of piperazine rings is 1. The van der Waals surface area contributed by atoms with Gasteiger partial charge in [0.25, 0.3) is 0 Å². The number of nitrogens with zero attached hydrogens (tertiary/aromatic N) is 5. The van der Waals surface area contributed by atoms with Gasteiger partial charge < -0.3 is 9.47 Å². The van der Waals surface area contributed by atoms with E-state index in [0.717, 1.165) is 57.2 Å². The summed E-state index contributed by atoms with van der Waals surface area (Å²) in [7, 11) is 0. The minimum Gasteiger partial charge on any atom is -0.340 e. The van der Waals surface area contributed by atoms with Crippen LogP contribution >= 0.6 is 12.4 Å². The molecule has 1 amide bonds. The van der Waals surface area contributed by atoms with Crippen molar-refractivity contribution in [2.75, 3.05) is 26.2 Å². The lowest BCUT2D eigenvalue weighted by Gasteiger charge is -2.34. The lowest BCUT2D eigenvalue weighted by molar-refractivity contribution is -0.133. The third-order valence-electron chi connectivity index (χ3n) is 4.55. The molecule has 2 aromatic rings. The summed E-state index contributed by atoms with van der Waals surface area (Å²) in [6.07, 6.45) is 7.08. The van der Waals surface area contributed by atoms with Gasteiger partial charge in [-0.3, -0.25) is 14.7 Å².